The minimum absolute atomic E-state index is 0.0702. The number of esters is 1. The Morgan fingerprint density at radius 1 is 1.09 bits per heavy atom. The Morgan fingerprint density at radius 2 is 1.70 bits per heavy atom. The second-order valence-electron chi connectivity index (χ2n) is 5.20. The number of benzene rings is 1. The van der Waals surface area contributed by atoms with Crippen LogP contribution in [0.2, 0.25) is 0 Å². The Morgan fingerprint density at radius 3 is 2.30 bits per heavy atom. The number of unbranched alkanes of at least 4 members (excludes halogenated alkanes) is 5. The van der Waals surface area contributed by atoms with Crippen LogP contribution in [0.5, 0.6) is 5.75 Å². The van der Waals surface area contributed by atoms with E-state index in [1.807, 2.05) is 0 Å². The molecule has 0 bridgehead atoms. The summed E-state index contributed by atoms with van der Waals surface area (Å²) >= 11 is 0. The van der Waals surface area contributed by atoms with E-state index in [0.29, 0.717) is 12.4 Å². The zero-order valence-electron chi connectivity index (χ0n) is 13.3. The molecule has 1 rings (SSSR count). The number of aliphatic carboxylic acids is 1. The van der Waals surface area contributed by atoms with Crippen LogP contribution in [0.3, 0.4) is 0 Å². The molecule has 128 valence electrons. The van der Waals surface area contributed by atoms with Crippen molar-refractivity contribution >= 4 is 11.9 Å². The molecule has 0 saturated carbocycles. The molecule has 0 aromatic heterocycles. The summed E-state index contributed by atoms with van der Waals surface area (Å²) in [5.41, 5.74) is 0.0702. The van der Waals surface area contributed by atoms with Crippen LogP contribution in [0, 0.1) is 0 Å². The van der Waals surface area contributed by atoms with Crippen LogP contribution >= 0.6 is 0 Å². The molecule has 1 atom stereocenters. The van der Waals surface area contributed by atoms with Gasteiger partial charge in [0.25, 0.3) is 0 Å². The van der Waals surface area contributed by atoms with Crippen molar-refractivity contribution < 1.29 is 28.6 Å². The maximum absolute atomic E-state index is 12.8. The van der Waals surface area contributed by atoms with Crippen molar-refractivity contribution in [2.45, 2.75) is 51.8 Å². The summed E-state index contributed by atoms with van der Waals surface area (Å²) < 4.78 is 22.5. The number of hydrogen-bond donors (Lipinski definition) is 1. The molecule has 1 N–H and O–H groups in total. The minimum atomic E-state index is -2.66. The highest BCUT2D eigenvalue weighted by Crippen LogP contribution is 2.15. The standard InChI is InChI=1S/C17H23FO5/c1-2-3-4-5-6-7-12-22-14-10-8-13(9-11-14)17(21)23-15(18)16(19)20/h8-11,15H,2-7,12H2,1H3,(H,19,20). The summed E-state index contributed by atoms with van der Waals surface area (Å²) in [5.74, 6) is -2.26. The Bertz CT molecular complexity index is 486. The molecule has 0 spiro atoms. The van der Waals surface area contributed by atoms with Crippen LogP contribution in [0.1, 0.15) is 55.8 Å². The average molecular weight is 326 g/mol. The van der Waals surface area contributed by atoms with E-state index < -0.39 is 18.3 Å². The van der Waals surface area contributed by atoms with Gasteiger partial charge in [0.2, 0.25) is 0 Å². The van der Waals surface area contributed by atoms with Crippen LogP contribution in [0.4, 0.5) is 4.39 Å². The van der Waals surface area contributed by atoms with Gasteiger partial charge in [-0.1, -0.05) is 39.0 Å². The SMILES string of the molecule is CCCCCCCCOc1ccc(C(=O)OC(F)C(=O)O)cc1. The predicted octanol–water partition coefficient (Wildman–Crippen LogP) is 3.96. The highest BCUT2D eigenvalue weighted by Gasteiger charge is 2.21. The first kappa shape index (κ1) is 18.9. The van der Waals surface area contributed by atoms with Crippen molar-refractivity contribution in [1.82, 2.24) is 0 Å². The van der Waals surface area contributed by atoms with E-state index >= 15 is 0 Å². The highest BCUT2D eigenvalue weighted by molar-refractivity contribution is 5.91. The summed E-state index contributed by atoms with van der Waals surface area (Å²) in [7, 11) is 0. The van der Waals surface area contributed by atoms with Crippen molar-refractivity contribution in [2.24, 2.45) is 0 Å². The Kier molecular flexibility index (Phi) is 8.72. The van der Waals surface area contributed by atoms with Crippen molar-refractivity contribution in [2.75, 3.05) is 6.61 Å². The lowest BCUT2D eigenvalue weighted by Gasteiger charge is -2.08. The topological polar surface area (TPSA) is 72.8 Å². The molecular formula is C17H23FO5. The molecule has 0 aliphatic carbocycles. The zero-order chi connectivity index (χ0) is 17.1. The average Bonchev–Trinajstić information content (AvgIpc) is 2.54. The van der Waals surface area contributed by atoms with E-state index in [-0.39, 0.29) is 5.56 Å². The van der Waals surface area contributed by atoms with Gasteiger partial charge in [-0.3, -0.25) is 0 Å². The number of carboxylic acid groups (broad SMARTS) is 1. The third-order valence-corrected chi connectivity index (χ3v) is 3.26. The van der Waals surface area contributed by atoms with Crippen molar-refractivity contribution in [3.63, 3.8) is 0 Å². The van der Waals surface area contributed by atoms with Gasteiger partial charge in [-0.15, -0.1) is 0 Å². The van der Waals surface area contributed by atoms with E-state index in [0.717, 1.165) is 12.8 Å². The van der Waals surface area contributed by atoms with Crippen LogP contribution in [-0.2, 0) is 9.53 Å². The second-order valence-corrected chi connectivity index (χ2v) is 5.20. The molecule has 0 heterocycles. The molecule has 0 fully saturated rings. The first-order valence-electron chi connectivity index (χ1n) is 7.85. The molecule has 1 aromatic carbocycles. The fourth-order valence-corrected chi connectivity index (χ4v) is 1.97. The first-order valence-corrected chi connectivity index (χ1v) is 7.85. The number of hydrogen-bond acceptors (Lipinski definition) is 4. The van der Waals surface area contributed by atoms with Crippen molar-refractivity contribution in [3.8, 4) is 5.75 Å². The maximum atomic E-state index is 12.8. The van der Waals surface area contributed by atoms with Gasteiger partial charge in [0.05, 0.1) is 12.2 Å². The fraction of sp³-hybridized carbons (Fsp3) is 0.529. The molecule has 0 saturated heterocycles. The van der Waals surface area contributed by atoms with E-state index in [4.69, 9.17) is 9.84 Å². The highest BCUT2D eigenvalue weighted by atomic mass is 19.1. The summed E-state index contributed by atoms with van der Waals surface area (Å²) in [5, 5.41) is 8.34. The molecule has 1 unspecified atom stereocenters. The summed E-state index contributed by atoms with van der Waals surface area (Å²) in [6.45, 7) is 2.78. The lowest BCUT2D eigenvalue weighted by molar-refractivity contribution is -0.156. The Labute approximate surface area is 135 Å². The maximum Gasteiger partial charge on any atom is 0.378 e. The van der Waals surface area contributed by atoms with E-state index in [1.54, 1.807) is 12.1 Å². The number of halogens is 1. The summed E-state index contributed by atoms with van der Waals surface area (Å²) in [6, 6.07) is 5.96. The molecular weight excluding hydrogens is 303 g/mol. The van der Waals surface area contributed by atoms with Gasteiger partial charge in [0.1, 0.15) is 5.75 Å². The van der Waals surface area contributed by atoms with Gasteiger partial charge in [-0.05, 0) is 30.7 Å². The van der Waals surface area contributed by atoms with Gasteiger partial charge in [-0.25, -0.2) is 9.59 Å². The van der Waals surface area contributed by atoms with E-state index in [2.05, 4.69) is 11.7 Å². The summed E-state index contributed by atoms with van der Waals surface area (Å²) in [4.78, 5) is 21.8. The monoisotopic (exact) mass is 326 g/mol. The van der Waals surface area contributed by atoms with E-state index in [9.17, 15) is 14.0 Å². The van der Waals surface area contributed by atoms with Crippen LogP contribution < -0.4 is 4.74 Å². The number of rotatable bonds is 11. The van der Waals surface area contributed by atoms with Gasteiger partial charge >= 0.3 is 18.3 Å². The van der Waals surface area contributed by atoms with Crippen molar-refractivity contribution in [3.05, 3.63) is 29.8 Å². The number of carbonyl (C=O) groups is 2. The number of carboxylic acids is 1. The largest absolute Gasteiger partial charge is 0.494 e. The van der Waals surface area contributed by atoms with Crippen LogP contribution in [0.25, 0.3) is 0 Å². The third kappa shape index (κ3) is 7.63. The smallest absolute Gasteiger partial charge is 0.378 e. The van der Waals surface area contributed by atoms with Gasteiger partial charge < -0.3 is 14.6 Å². The quantitative estimate of drug-likeness (QED) is 0.492. The Balaban J connectivity index is 2.30. The third-order valence-electron chi connectivity index (χ3n) is 3.26. The van der Waals surface area contributed by atoms with Gasteiger partial charge in [0, 0.05) is 0 Å². The van der Waals surface area contributed by atoms with Crippen LogP contribution in [0.15, 0.2) is 24.3 Å². The predicted molar refractivity (Wildman–Crippen MR) is 83.3 cm³/mol. The molecule has 23 heavy (non-hydrogen) atoms. The number of alkyl halides is 1. The second kappa shape index (κ2) is 10.6. The van der Waals surface area contributed by atoms with Gasteiger partial charge in [-0.2, -0.15) is 4.39 Å². The molecule has 0 amide bonds. The zero-order valence-corrected chi connectivity index (χ0v) is 13.3. The van der Waals surface area contributed by atoms with Crippen LogP contribution in [-0.4, -0.2) is 30.0 Å². The van der Waals surface area contributed by atoms with Gasteiger partial charge in [0.15, 0.2) is 0 Å². The molecule has 1 aromatic rings. The lowest BCUT2D eigenvalue weighted by atomic mass is 10.1. The molecule has 0 aliphatic heterocycles. The lowest BCUT2D eigenvalue weighted by Crippen LogP contribution is -2.22. The fourth-order valence-electron chi connectivity index (χ4n) is 1.97. The molecule has 6 heteroatoms. The Hall–Kier alpha value is -2.11. The van der Waals surface area contributed by atoms with Crippen molar-refractivity contribution in [1.29, 1.82) is 0 Å². The van der Waals surface area contributed by atoms with E-state index in [1.165, 1.54) is 37.8 Å². The normalized spacial score (nSPS) is 11.7. The number of ether oxygens (including phenoxy) is 2. The summed E-state index contributed by atoms with van der Waals surface area (Å²) in [6.07, 6.45) is 4.37. The molecule has 5 nitrogen and oxygen atoms in total. The first-order chi connectivity index (χ1) is 11.0. The molecule has 0 radical (unpaired) electrons. The number of carbonyl (C=O) groups excluding carboxylic acids is 1. The minimum Gasteiger partial charge on any atom is -0.494 e. The molecule has 0 aliphatic rings.